The predicted octanol–water partition coefficient (Wildman–Crippen LogP) is 3.92. The molecule has 3 heteroatoms. The molecule has 0 heterocycles. The van der Waals surface area contributed by atoms with Gasteiger partial charge in [0.05, 0.1) is 5.69 Å². The third-order valence-corrected chi connectivity index (χ3v) is 2.78. The first-order valence-electron chi connectivity index (χ1n) is 6.82. The van der Waals surface area contributed by atoms with Crippen LogP contribution in [0.4, 0.5) is 5.69 Å². The monoisotopic (exact) mass is 265 g/mol. The fourth-order valence-electron chi connectivity index (χ4n) is 1.81. The Labute approximate surface area is 119 Å². The summed E-state index contributed by atoms with van der Waals surface area (Å²) in [5.41, 5.74) is 7.79. The van der Waals surface area contributed by atoms with E-state index in [1.807, 2.05) is 60.7 Å². The zero-order valence-corrected chi connectivity index (χ0v) is 11.7. The summed E-state index contributed by atoms with van der Waals surface area (Å²) in [4.78, 5) is 9.08. The number of aliphatic imine (C=N–C) groups is 2. The normalized spacial score (nSPS) is 12.4. The fraction of sp³-hybridized carbons (Fsp3) is 0.176. The van der Waals surface area contributed by atoms with Gasteiger partial charge in [0.15, 0.2) is 5.84 Å². The molecule has 0 aromatic heterocycles. The van der Waals surface area contributed by atoms with Gasteiger partial charge in [0.25, 0.3) is 0 Å². The van der Waals surface area contributed by atoms with Gasteiger partial charge in [-0.2, -0.15) is 0 Å². The highest BCUT2D eigenvalue weighted by atomic mass is 15.0. The van der Waals surface area contributed by atoms with Crippen molar-refractivity contribution in [3.05, 3.63) is 66.2 Å². The standard InChI is InChI=1S/C17H19N3/c1-2-9-16(18)20-17(14-10-5-3-6-11-14)19-15-12-7-4-8-13-15/h3-8,10-13H,2,9H2,1H3,(H2,18,19,20). The van der Waals surface area contributed by atoms with Crippen LogP contribution in [0, 0.1) is 0 Å². The molecule has 0 saturated carbocycles. The minimum atomic E-state index is 0.617. The van der Waals surface area contributed by atoms with Gasteiger partial charge in [0.2, 0.25) is 0 Å². The van der Waals surface area contributed by atoms with Crippen molar-refractivity contribution >= 4 is 17.4 Å². The third-order valence-electron chi connectivity index (χ3n) is 2.78. The Morgan fingerprint density at radius 3 is 2.15 bits per heavy atom. The Morgan fingerprint density at radius 2 is 1.55 bits per heavy atom. The zero-order chi connectivity index (χ0) is 14.2. The summed E-state index contributed by atoms with van der Waals surface area (Å²) in [7, 11) is 0. The number of para-hydroxylation sites is 1. The van der Waals surface area contributed by atoms with Gasteiger partial charge in [-0.25, -0.2) is 9.98 Å². The van der Waals surface area contributed by atoms with Crippen LogP contribution in [0.1, 0.15) is 25.3 Å². The van der Waals surface area contributed by atoms with Gasteiger partial charge in [-0.3, -0.25) is 0 Å². The average Bonchev–Trinajstić information content (AvgIpc) is 2.49. The molecule has 2 aromatic rings. The zero-order valence-electron chi connectivity index (χ0n) is 11.7. The van der Waals surface area contributed by atoms with Crippen LogP contribution in [0.2, 0.25) is 0 Å². The number of nitrogens with two attached hydrogens (primary N) is 1. The van der Waals surface area contributed by atoms with Crippen molar-refractivity contribution in [3.8, 4) is 0 Å². The van der Waals surface area contributed by atoms with E-state index in [-0.39, 0.29) is 0 Å². The molecule has 102 valence electrons. The highest BCUT2D eigenvalue weighted by Gasteiger charge is 2.03. The maximum atomic E-state index is 5.95. The van der Waals surface area contributed by atoms with Crippen molar-refractivity contribution in [2.24, 2.45) is 15.7 Å². The van der Waals surface area contributed by atoms with Crippen LogP contribution in [-0.4, -0.2) is 11.7 Å². The van der Waals surface area contributed by atoms with Crippen molar-refractivity contribution in [2.45, 2.75) is 19.8 Å². The summed E-state index contributed by atoms with van der Waals surface area (Å²) in [6.07, 6.45) is 1.75. The summed E-state index contributed by atoms with van der Waals surface area (Å²) in [6, 6.07) is 19.7. The topological polar surface area (TPSA) is 50.7 Å². The molecule has 0 radical (unpaired) electrons. The molecule has 0 fully saturated rings. The first kappa shape index (κ1) is 14.0. The molecular formula is C17H19N3. The smallest absolute Gasteiger partial charge is 0.161 e. The molecule has 20 heavy (non-hydrogen) atoms. The maximum absolute atomic E-state index is 5.95. The number of benzene rings is 2. The number of hydrogen-bond donors (Lipinski definition) is 1. The van der Waals surface area contributed by atoms with Gasteiger partial charge in [-0.15, -0.1) is 0 Å². The summed E-state index contributed by atoms with van der Waals surface area (Å²) >= 11 is 0. The third kappa shape index (κ3) is 4.05. The Bertz CT molecular complexity index is 586. The van der Waals surface area contributed by atoms with Gasteiger partial charge < -0.3 is 5.73 Å². The van der Waals surface area contributed by atoms with E-state index >= 15 is 0 Å². The van der Waals surface area contributed by atoms with Gasteiger partial charge >= 0.3 is 0 Å². The summed E-state index contributed by atoms with van der Waals surface area (Å²) in [5.74, 6) is 1.27. The first-order chi connectivity index (χ1) is 9.79. The molecule has 2 rings (SSSR count). The van der Waals surface area contributed by atoms with E-state index in [1.54, 1.807) is 0 Å². The van der Waals surface area contributed by atoms with E-state index < -0.39 is 0 Å². The highest BCUT2D eigenvalue weighted by Crippen LogP contribution is 2.14. The number of amidine groups is 2. The van der Waals surface area contributed by atoms with E-state index in [4.69, 9.17) is 5.73 Å². The van der Waals surface area contributed by atoms with Crippen LogP contribution in [-0.2, 0) is 0 Å². The first-order valence-corrected chi connectivity index (χ1v) is 6.82. The molecule has 0 atom stereocenters. The lowest BCUT2D eigenvalue weighted by Crippen LogP contribution is -2.14. The number of rotatable bonds is 4. The maximum Gasteiger partial charge on any atom is 0.161 e. The summed E-state index contributed by atoms with van der Waals surface area (Å²) in [5, 5.41) is 0. The molecular weight excluding hydrogens is 246 g/mol. The largest absolute Gasteiger partial charge is 0.387 e. The molecule has 0 aliphatic rings. The van der Waals surface area contributed by atoms with Crippen molar-refractivity contribution in [2.75, 3.05) is 0 Å². The minimum Gasteiger partial charge on any atom is -0.387 e. The molecule has 0 amide bonds. The Balaban J connectivity index is 2.40. The average molecular weight is 265 g/mol. The second-order valence-corrected chi connectivity index (χ2v) is 4.49. The van der Waals surface area contributed by atoms with Gasteiger partial charge in [-0.05, 0) is 18.6 Å². The van der Waals surface area contributed by atoms with Gasteiger partial charge in [0.1, 0.15) is 5.84 Å². The van der Waals surface area contributed by atoms with Crippen LogP contribution in [0.5, 0.6) is 0 Å². The van der Waals surface area contributed by atoms with E-state index in [2.05, 4.69) is 16.9 Å². The molecule has 0 unspecified atom stereocenters. The number of nitrogens with zero attached hydrogens (tertiary/aromatic N) is 2. The quantitative estimate of drug-likeness (QED) is 0.661. The molecule has 3 nitrogen and oxygen atoms in total. The molecule has 0 bridgehead atoms. The fourth-order valence-corrected chi connectivity index (χ4v) is 1.81. The second-order valence-electron chi connectivity index (χ2n) is 4.49. The molecule has 2 N–H and O–H groups in total. The predicted molar refractivity (Wildman–Crippen MR) is 85.6 cm³/mol. The van der Waals surface area contributed by atoms with E-state index in [0.717, 1.165) is 24.1 Å². The minimum absolute atomic E-state index is 0.617. The van der Waals surface area contributed by atoms with Crippen LogP contribution >= 0.6 is 0 Å². The van der Waals surface area contributed by atoms with Gasteiger partial charge in [-0.1, -0.05) is 55.5 Å². The van der Waals surface area contributed by atoms with Crippen molar-refractivity contribution in [1.29, 1.82) is 0 Å². The Hall–Kier alpha value is -2.42. The molecule has 0 aliphatic heterocycles. The van der Waals surface area contributed by atoms with Crippen LogP contribution < -0.4 is 5.73 Å². The van der Waals surface area contributed by atoms with Crippen LogP contribution in [0.25, 0.3) is 0 Å². The summed E-state index contributed by atoms with van der Waals surface area (Å²) in [6.45, 7) is 2.08. The van der Waals surface area contributed by atoms with Crippen molar-refractivity contribution in [1.82, 2.24) is 0 Å². The molecule has 2 aromatic carbocycles. The molecule has 0 saturated heterocycles. The lowest BCUT2D eigenvalue weighted by atomic mass is 10.2. The molecule has 0 spiro atoms. The van der Waals surface area contributed by atoms with E-state index in [0.29, 0.717) is 11.7 Å². The van der Waals surface area contributed by atoms with Crippen LogP contribution in [0.15, 0.2) is 70.6 Å². The lowest BCUT2D eigenvalue weighted by Gasteiger charge is -2.04. The lowest BCUT2D eigenvalue weighted by molar-refractivity contribution is 0.984. The molecule has 0 aliphatic carbocycles. The van der Waals surface area contributed by atoms with Gasteiger partial charge in [0, 0.05) is 12.0 Å². The van der Waals surface area contributed by atoms with E-state index in [9.17, 15) is 0 Å². The highest BCUT2D eigenvalue weighted by molar-refractivity contribution is 6.07. The van der Waals surface area contributed by atoms with Crippen molar-refractivity contribution < 1.29 is 0 Å². The Kier molecular flexibility index (Phi) is 5.07. The second kappa shape index (κ2) is 7.24. The Morgan fingerprint density at radius 1 is 0.950 bits per heavy atom. The number of hydrogen-bond acceptors (Lipinski definition) is 1. The summed E-state index contributed by atoms with van der Waals surface area (Å²) < 4.78 is 0. The SMILES string of the molecule is CCCC(N)=NC(=Nc1ccccc1)c1ccccc1. The van der Waals surface area contributed by atoms with Crippen molar-refractivity contribution in [3.63, 3.8) is 0 Å². The van der Waals surface area contributed by atoms with Crippen LogP contribution in [0.3, 0.4) is 0 Å². The van der Waals surface area contributed by atoms with E-state index in [1.165, 1.54) is 0 Å².